The Morgan fingerprint density at radius 3 is 2.42 bits per heavy atom. The molecule has 1 amide bonds. The smallest absolute Gasteiger partial charge is 0.268 e. The van der Waals surface area contributed by atoms with Gasteiger partial charge in [-0.25, -0.2) is 4.68 Å². The molecule has 5 rings (SSSR count). The molecule has 1 N–H and O–H groups in total. The van der Waals surface area contributed by atoms with Crippen LogP contribution >= 0.6 is 11.6 Å². The highest BCUT2D eigenvalue weighted by Gasteiger charge is 2.26. The Labute approximate surface area is 234 Å². The van der Waals surface area contributed by atoms with Crippen LogP contribution in [-0.4, -0.2) is 38.5 Å². The maximum atomic E-state index is 13.7. The number of nitrogens with one attached hydrogen (secondary N) is 1. The normalized spacial score (nSPS) is 11.7. The summed E-state index contributed by atoms with van der Waals surface area (Å²) >= 11 is 6.22. The molecule has 1 atom stereocenters. The molecule has 0 aliphatic heterocycles. The van der Waals surface area contributed by atoms with E-state index in [0.29, 0.717) is 38.4 Å². The van der Waals surface area contributed by atoms with Gasteiger partial charge in [0.05, 0.1) is 23.7 Å². The van der Waals surface area contributed by atoms with Crippen molar-refractivity contribution in [2.45, 2.75) is 19.4 Å². The lowest BCUT2D eigenvalue weighted by Crippen LogP contribution is -2.36. The van der Waals surface area contributed by atoms with E-state index in [1.807, 2.05) is 30.3 Å². The van der Waals surface area contributed by atoms with Gasteiger partial charge < -0.3 is 10.1 Å². The van der Waals surface area contributed by atoms with E-state index in [0.717, 1.165) is 10.2 Å². The third kappa shape index (κ3) is 5.60. The molecule has 0 fully saturated rings. The standard InChI is InChI=1S/C30H24ClN5O4/c1-18(37)22-10-8-20(31)15-23(22)24-17-28(38)36(35-30(24)40-2)27(14-19-6-4-3-5-7-19)29(39)34-21-9-11-25-26(16-21)33-13-12-32-25/h3-13,15-17,27H,14H2,1-2H3,(H,34,39). The fourth-order valence-electron chi connectivity index (χ4n) is 4.46. The van der Waals surface area contributed by atoms with E-state index in [9.17, 15) is 14.4 Å². The van der Waals surface area contributed by atoms with Crippen LogP contribution in [0.15, 0.2) is 90.0 Å². The first-order chi connectivity index (χ1) is 19.3. The molecule has 1 unspecified atom stereocenters. The number of Topliss-reactive ketones (excluding diaryl/α,β-unsaturated/α-hetero) is 1. The molecular formula is C30H24ClN5O4. The van der Waals surface area contributed by atoms with Crippen LogP contribution in [0, 0.1) is 0 Å². The molecule has 2 heterocycles. The van der Waals surface area contributed by atoms with E-state index < -0.39 is 17.5 Å². The molecule has 0 radical (unpaired) electrons. The highest BCUT2D eigenvalue weighted by molar-refractivity contribution is 6.31. The molecule has 5 aromatic rings. The first kappa shape index (κ1) is 26.7. The van der Waals surface area contributed by atoms with Crippen molar-refractivity contribution < 1.29 is 14.3 Å². The molecule has 0 saturated carbocycles. The number of hydrogen-bond acceptors (Lipinski definition) is 7. The second-order valence-corrected chi connectivity index (χ2v) is 9.49. The van der Waals surface area contributed by atoms with E-state index in [1.54, 1.807) is 48.8 Å². The van der Waals surface area contributed by atoms with Gasteiger partial charge in [0, 0.05) is 41.2 Å². The van der Waals surface area contributed by atoms with Crippen LogP contribution in [0.2, 0.25) is 5.02 Å². The largest absolute Gasteiger partial charge is 0.480 e. The summed E-state index contributed by atoms with van der Waals surface area (Å²) < 4.78 is 6.65. The minimum atomic E-state index is -1.03. The molecule has 2 aromatic heterocycles. The predicted octanol–water partition coefficient (Wildman–Crippen LogP) is 5.14. The van der Waals surface area contributed by atoms with Crippen LogP contribution in [-0.2, 0) is 11.2 Å². The fraction of sp³-hybridized carbons (Fsp3) is 0.133. The number of carbonyl (C=O) groups is 2. The molecule has 0 aliphatic carbocycles. The number of ether oxygens (including phenoxy) is 1. The van der Waals surface area contributed by atoms with Crippen LogP contribution in [0.1, 0.15) is 28.9 Å². The number of nitrogens with zero attached hydrogens (tertiary/aromatic N) is 4. The minimum Gasteiger partial charge on any atom is -0.480 e. The molecule has 0 aliphatic rings. The van der Waals surface area contributed by atoms with Crippen LogP contribution in [0.5, 0.6) is 5.88 Å². The summed E-state index contributed by atoms with van der Waals surface area (Å²) in [5.41, 5.74) is 3.15. The molecule has 200 valence electrons. The molecule has 9 nitrogen and oxygen atoms in total. The second-order valence-electron chi connectivity index (χ2n) is 9.05. The highest BCUT2D eigenvalue weighted by Crippen LogP contribution is 2.32. The average molecular weight is 554 g/mol. The van der Waals surface area contributed by atoms with Gasteiger partial charge in [-0.15, -0.1) is 5.10 Å². The number of halogens is 1. The summed E-state index contributed by atoms with van der Waals surface area (Å²) in [4.78, 5) is 48.1. The molecule has 3 aromatic carbocycles. The van der Waals surface area contributed by atoms with Crippen LogP contribution in [0.25, 0.3) is 22.2 Å². The quantitative estimate of drug-likeness (QED) is 0.264. The van der Waals surface area contributed by atoms with Crippen molar-refractivity contribution in [1.29, 1.82) is 0 Å². The van der Waals surface area contributed by atoms with Crippen molar-refractivity contribution in [2.75, 3.05) is 12.4 Å². The van der Waals surface area contributed by atoms with Crippen molar-refractivity contribution in [3.05, 3.63) is 112 Å². The van der Waals surface area contributed by atoms with Gasteiger partial charge in [0.15, 0.2) is 5.78 Å². The number of ketones is 1. The predicted molar refractivity (Wildman–Crippen MR) is 153 cm³/mol. The van der Waals surface area contributed by atoms with Gasteiger partial charge in [-0.3, -0.25) is 24.4 Å². The van der Waals surface area contributed by atoms with Crippen LogP contribution in [0.4, 0.5) is 5.69 Å². The number of aromatic nitrogens is 4. The molecule has 0 spiro atoms. The number of fused-ring (bicyclic) bond motifs is 1. The monoisotopic (exact) mass is 553 g/mol. The Morgan fingerprint density at radius 2 is 1.70 bits per heavy atom. The molecule has 10 heteroatoms. The highest BCUT2D eigenvalue weighted by atomic mass is 35.5. The van der Waals surface area contributed by atoms with E-state index in [4.69, 9.17) is 16.3 Å². The third-order valence-corrected chi connectivity index (χ3v) is 6.61. The van der Waals surface area contributed by atoms with Gasteiger partial charge in [0.1, 0.15) is 6.04 Å². The Balaban J connectivity index is 1.58. The average Bonchev–Trinajstić information content (AvgIpc) is 2.96. The maximum Gasteiger partial charge on any atom is 0.268 e. The van der Waals surface area contributed by atoms with E-state index in [2.05, 4.69) is 20.4 Å². The van der Waals surface area contributed by atoms with Gasteiger partial charge in [-0.2, -0.15) is 0 Å². The van der Waals surface area contributed by atoms with Gasteiger partial charge in [-0.05, 0) is 54.4 Å². The number of anilines is 1. The zero-order valence-electron chi connectivity index (χ0n) is 21.7. The number of carbonyl (C=O) groups excluding carboxylic acids is 2. The Hall–Kier alpha value is -4.89. The van der Waals surface area contributed by atoms with Crippen molar-refractivity contribution >= 4 is 40.0 Å². The lowest BCUT2D eigenvalue weighted by molar-refractivity contribution is -0.119. The van der Waals surface area contributed by atoms with E-state index in [-0.39, 0.29) is 18.1 Å². The summed E-state index contributed by atoms with van der Waals surface area (Å²) in [6.07, 6.45) is 3.35. The number of rotatable bonds is 8. The van der Waals surface area contributed by atoms with Gasteiger partial charge in [0.25, 0.3) is 5.56 Å². The Morgan fingerprint density at radius 1 is 0.950 bits per heavy atom. The zero-order valence-corrected chi connectivity index (χ0v) is 22.4. The first-order valence-corrected chi connectivity index (χ1v) is 12.8. The van der Waals surface area contributed by atoms with E-state index >= 15 is 0 Å². The second kappa shape index (κ2) is 11.5. The Kier molecular flexibility index (Phi) is 7.65. The van der Waals surface area contributed by atoms with Crippen molar-refractivity contribution in [1.82, 2.24) is 19.7 Å². The molecule has 0 bridgehead atoms. The molecular weight excluding hydrogens is 530 g/mol. The van der Waals surface area contributed by atoms with Crippen LogP contribution < -0.4 is 15.6 Å². The number of methoxy groups -OCH3 is 1. The lowest BCUT2D eigenvalue weighted by Gasteiger charge is -2.20. The summed E-state index contributed by atoms with van der Waals surface area (Å²) in [7, 11) is 1.40. The first-order valence-electron chi connectivity index (χ1n) is 12.4. The maximum absolute atomic E-state index is 13.7. The third-order valence-electron chi connectivity index (χ3n) is 6.37. The SMILES string of the molecule is COc1nn(C(Cc2ccccc2)C(=O)Nc2ccc3nccnc3c2)c(=O)cc1-c1cc(Cl)ccc1C(C)=O. The van der Waals surface area contributed by atoms with Crippen LogP contribution in [0.3, 0.4) is 0 Å². The van der Waals surface area contributed by atoms with Gasteiger partial charge in [-0.1, -0.05) is 41.9 Å². The summed E-state index contributed by atoms with van der Waals surface area (Å²) in [6.45, 7) is 1.42. The van der Waals surface area contributed by atoms with Crippen molar-refractivity contribution in [2.24, 2.45) is 0 Å². The van der Waals surface area contributed by atoms with Crippen molar-refractivity contribution in [3.8, 4) is 17.0 Å². The van der Waals surface area contributed by atoms with Crippen molar-refractivity contribution in [3.63, 3.8) is 0 Å². The van der Waals surface area contributed by atoms with E-state index in [1.165, 1.54) is 20.1 Å². The number of amides is 1. The minimum absolute atomic E-state index is 0.0659. The zero-order chi connectivity index (χ0) is 28.2. The number of benzene rings is 3. The van der Waals surface area contributed by atoms with Gasteiger partial charge >= 0.3 is 0 Å². The fourth-order valence-corrected chi connectivity index (χ4v) is 4.63. The summed E-state index contributed by atoms with van der Waals surface area (Å²) in [5, 5.41) is 7.72. The summed E-state index contributed by atoms with van der Waals surface area (Å²) in [5.74, 6) is -0.598. The lowest BCUT2D eigenvalue weighted by atomic mass is 9.98. The summed E-state index contributed by atoms with van der Waals surface area (Å²) in [6, 6.07) is 19.6. The Bertz CT molecular complexity index is 1790. The van der Waals surface area contributed by atoms with Gasteiger partial charge in [0.2, 0.25) is 11.8 Å². The molecule has 40 heavy (non-hydrogen) atoms. The number of hydrogen-bond donors (Lipinski definition) is 1. The topological polar surface area (TPSA) is 116 Å². The molecule has 0 saturated heterocycles.